The van der Waals surface area contributed by atoms with E-state index in [0.29, 0.717) is 14.9 Å². The molecule has 0 aliphatic heterocycles. The Morgan fingerprint density at radius 2 is 2.00 bits per heavy atom. The van der Waals surface area contributed by atoms with Crippen LogP contribution < -0.4 is 10.1 Å². The monoisotopic (exact) mass is 363 g/mol. The normalized spacial score (nSPS) is 10.9. The van der Waals surface area contributed by atoms with E-state index in [-0.39, 0.29) is 0 Å². The molecule has 1 rings (SSSR count). The van der Waals surface area contributed by atoms with E-state index in [2.05, 4.69) is 5.32 Å². The highest BCUT2D eigenvalue weighted by molar-refractivity contribution is 14.1. The summed E-state index contributed by atoms with van der Waals surface area (Å²) in [7, 11) is 1.54. The third-order valence-electron chi connectivity index (χ3n) is 2.38. The van der Waals surface area contributed by atoms with E-state index in [0.717, 1.165) is 0 Å². The fourth-order valence-electron chi connectivity index (χ4n) is 1.21. The molecule has 2 N–H and O–H groups in total. The lowest BCUT2D eigenvalue weighted by molar-refractivity contribution is -0.143. The van der Waals surface area contributed by atoms with Crippen molar-refractivity contribution in [2.24, 2.45) is 0 Å². The van der Waals surface area contributed by atoms with Crippen LogP contribution in [0.2, 0.25) is 0 Å². The molecule has 0 aliphatic rings. The molecule has 1 aromatic rings. The number of ether oxygens (including phenoxy) is 1. The van der Waals surface area contributed by atoms with Crippen molar-refractivity contribution in [3.05, 3.63) is 27.3 Å². The minimum atomic E-state index is -1.31. The molecule has 0 heterocycles. The summed E-state index contributed by atoms with van der Waals surface area (Å²) in [6.45, 7) is 2.87. The Hall–Kier alpha value is -1.31. The van der Waals surface area contributed by atoms with Crippen molar-refractivity contribution < 1.29 is 19.4 Å². The minimum absolute atomic E-state index is 0.422. The van der Waals surface area contributed by atoms with Gasteiger partial charge >= 0.3 is 5.97 Å². The number of carboxylic acids is 1. The molecule has 0 bridgehead atoms. The maximum atomic E-state index is 12.0. The van der Waals surface area contributed by atoms with E-state index < -0.39 is 17.4 Å². The molecule has 0 radical (unpaired) electrons. The summed E-state index contributed by atoms with van der Waals surface area (Å²) in [5, 5.41) is 11.4. The van der Waals surface area contributed by atoms with E-state index in [1.807, 2.05) is 22.6 Å². The number of carbonyl (C=O) groups is 2. The van der Waals surface area contributed by atoms with Crippen LogP contribution in [-0.4, -0.2) is 29.6 Å². The zero-order chi connectivity index (χ0) is 13.9. The average molecular weight is 363 g/mol. The topological polar surface area (TPSA) is 75.6 Å². The predicted molar refractivity (Wildman–Crippen MR) is 74.9 cm³/mol. The van der Waals surface area contributed by atoms with Gasteiger partial charge in [0.2, 0.25) is 0 Å². The lowest BCUT2D eigenvalue weighted by Gasteiger charge is -2.21. The first-order valence-electron chi connectivity index (χ1n) is 5.17. The lowest BCUT2D eigenvalue weighted by atomic mass is 10.1. The molecule has 0 saturated carbocycles. The number of aliphatic carboxylic acids is 1. The summed E-state index contributed by atoms with van der Waals surface area (Å²) in [6.07, 6.45) is 0. The molecule has 98 valence electrons. The number of methoxy groups -OCH3 is 1. The Labute approximate surface area is 119 Å². The van der Waals surface area contributed by atoms with E-state index in [1.54, 1.807) is 25.3 Å². The summed E-state index contributed by atoms with van der Waals surface area (Å²) in [4.78, 5) is 22.9. The number of hydrogen-bond acceptors (Lipinski definition) is 3. The fraction of sp³-hybridized carbons (Fsp3) is 0.333. The molecule has 0 unspecified atom stereocenters. The minimum Gasteiger partial charge on any atom is -0.497 e. The number of rotatable bonds is 4. The van der Waals surface area contributed by atoms with Gasteiger partial charge in [-0.05, 0) is 54.6 Å². The predicted octanol–water partition coefficient (Wildman–Crippen LogP) is 1.89. The van der Waals surface area contributed by atoms with E-state index in [4.69, 9.17) is 9.84 Å². The number of amides is 1. The van der Waals surface area contributed by atoms with Crippen molar-refractivity contribution in [3.63, 3.8) is 0 Å². The second-order valence-electron chi connectivity index (χ2n) is 4.23. The number of carboxylic acid groups (broad SMARTS) is 1. The van der Waals surface area contributed by atoms with Gasteiger partial charge in [-0.25, -0.2) is 4.79 Å². The average Bonchev–Trinajstić information content (AvgIpc) is 2.27. The summed E-state index contributed by atoms with van der Waals surface area (Å²) >= 11 is 2.01. The van der Waals surface area contributed by atoms with Crippen molar-refractivity contribution in [2.45, 2.75) is 19.4 Å². The highest BCUT2D eigenvalue weighted by atomic mass is 127. The maximum Gasteiger partial charge on any atom is 0.328 e. The van der Waals surface area contributed by atoms with Crippen LogP contribution in [0.25, 0.3) is 0 Å². The van der Waals surface area contributed by atoms with Gasteiger partial charge in [0.1, 0.15) is 11.3 Å². The van der Waals surface area contributed by atoms with Crippen LogP contribution >= 0.6 is 22.6 Å². The molecular formula is C12H14INO4. The number of halogens is 1. The van der Waals surface area contributed by atoms with Crippen LogP contribution in [0, 0.1) is 3.57 Å². The SMILES string of the molecule is COc1ccc(C(=O)NC(C)(C)C(=O)O)c(I)c1. The maximum absolute atomic E-state index is 12.0. The zero-order valence-corrected chi connectivity index (χ0v) is 12.4. The molecule has 0 saturated heterocycles. The smallest absolute Gasteiger partial charge is 0.328 e. The van der Waals surface area contributed by atoms with E-state index in [9.17, 15) is 9.59 Å². The summed E-state index contributed by atoms with van der Waals surface area (Å²) in [5.41, 5.74) is -0.883. The van der Waals surface area contributed by atoms with Crippen LogP contribution in [0.15, 0.2) is 18.2 Å². The molecule has 0 fully saturated rings. The van der Waals surface area contributed by atoms with Crippen LogP contribution in [0.4, 0.5) is 0 Å². The first-order valence-corrected chi connectivity index (χ1v) is 6.25. The molecule has 0 atom stereocenters. The fourth-order valence-corrected chi connectivity index (χ4v) is 1.94. The number of benzene rings is 1. The Kier molecular flexibility index (Phi) is 4.55. The summed E-state index contributed by atoms with van der Waals surface area (Å²) < 4.78 is 5.74. The molecule has 0 aromatic heterocycles. The van der Waals surface area contributed by atoms with Crippen molar-refractivity contribution in [3.8, 4) is 5.75 Å². The second-order valence-corrected chi connectivity index (χ2v) is 5.39. The quantitative estimate of drug-likeness (QED) is 0.802. The molecule has 18 heavy (non-hydrogen) atoms. The van der Waals surface area contributed by atoms with Gasteiger partial charge in [-0.1, -0.05) is 0 Å². The number of nitrogens with one attached hydrogen (secondary N) is 1. The van der Waals surface area contributed by atoms with Gasteiger partial charge in [0.15, 0.2) is 0 Å². The van der Waals surface area contributed by atoms with Crippen molar-refractivity contribution in [1.29, 1.82) is 0 Å². The third-order valence-corrected chi connectivity index (χ3v) is 3.27. The number of carbonyl (C=O) groups excluding carboxylic acids is 1. The molecule has 6 heteroatoms. The standard InChI is InChI=1S/C12H14INO4/c1-12(2,11(16)17)14-10(15)8-5-4-7(18-3)6-9(8)13/h4-6H,1-3H3,(H,14,15)(H,16,17). The second kappa shape index (κ2) is 5.55. The highest BCUT2D eigenvalue weighted by Crippen LogP contribution is 2.20. The van der Waals surface area contributed by atoms with Crippen molar-refractivity contribution in [2.75, 3.05) is 7.11 Å². The summed E-state index contributed by atoms with van der Waals surface area (Å²) in [5.74, 6) is -0.859. The van der Waals surface area contributed by atoms with Gasteiger partial charge in [-0.3, -0.25) is 4.79 Å². The Morgan fingerprint density at radius 3 is 2.44 bits per heavy atom. The van der Waals surface area contributed by atoms with Crippen LogP contribution in [-0.2, 0) is 4.79 Å². The Bertz CT molecular complexity index is 485. The first-order chi connectivity index (χ1) is 8.27. The molecule has 0 aliphatic carbocycles. The molecule has 5 nitrogen and oxygen atoms in total. The highest BCUT2D eigenvalue weighted by Gasteiger charge is 2.29. The third kappa shape index (κ3) is 3.34. The van der Waals surface area contributed by atoms with Crippen LogP contribution in [0.5, 0.6) is 5.75 Å². The molecular weight excluding hydrogens is 349 g/mol. The van der Waals surface area contributed by atoms with Crippen LogP contribution in [0.1, 0.15) is 24.2 Å². The largest absolute Gasteiger partial charge is 0.497 e. The van der Waals surface area contributed by atoms with Crippen molar-refractivity contribution >= 4 is 34.5 Å². The van der Waals surface area contributed by atoms with Gasteiger partial charge in [0.05, 0.1) is 12.7 Å². The van der Waals surface area contributed by atoms with Crippen molar-refractivity contribution in [1.82, 2.24) is 5.32 Å². The van der Waals surface area contributed by atoms with Crippen LogP contribution in [0.3, 0.4) is 0 Å². The Morgan fingerprint density at radius 1 is 1.39 bits per heavy atom. The molecule has 0 spiro atoms. The van der Waals surface area contributed by atoms with Gasteiger partial charge in [-0.2, -0.15) is 0 Å². The first kappa shape index (κ1) is 14.7. The lowest BCUT2D eigenvalue weighted by Crippen LogP contribution is -2.49. The molecule has 1 aromatic carbocycles. The molecule has 1 amide bonds. The zero-order valence-electron chi connectivity index (χ0n) is 10.3. The van der Waals surface area contributed by atoms with E-state index >= 15 is 0 Å². The van der Waals surface area contributed by atoms with Gasteiger partial charge in [-0.15, -0.1) is 0 Å². The Balaban J connectivity index is 2.95. The van der Waals surface area contributed by atoms with E-state index in [1.165, 1.54) is 13.8 Å². The summed E-state index contributed by atoms with van der Waals surface area (Å²) in [6, 6.07) is 4.97. The van der Waals surface area contributed by atoms with Gasteiger partial charge in [0.25, 0.3) is 5.91 Å². The van der Waals surface area contributed by atoms with Gasteiger partial charge < -0.3 is 15.2 Å². The number of hydrogen-bond donors (Lipinski definition) is 2. The van der Waals surface area contributed by atoms with Gasteiger partial charge in [0, 0.05) is 3.57 Å².